The first kappa shape index (κ1) is 43.2. The number of benzene rings is 1. The van der Waals surface area contributed by atoms with Gasteiger partial charge in [0.2, 0.25) is 5.75 Å². The largest absolute Gasteiger partial charge is 0.490 e. The van der Waals surface area contributed by atoms with Crippen LogP contribution in [0.2, 0.25) is 0 Å². The van der Waals surface area contributed by atoms with E-state index in [0.717, 1.165) is 36.3 Å². The van der Waals surface area contributed by atoms with Gasteiger partial charge >= 0.3 is 0 Å². The van der Waals surface area contributed by atoms with Crippen molar-refractivity contribution in [2.45, 2.75) is 213 Å². The molecule has 0 atom stereocenters. The number of ether oxygens (including phenoxy) is 3. The average molecular weight is 655 g/mol. The first-order valence-electron chi connectivity index (χ1n) is 20.8. The zero-order chi connectivity index (χ0) is 33.9. The Morgan fingerprint density at radius 2 is 0.681 bits per heavy atom. The Kier molecular flexibility index (Phi) is 31.3. The lowest BCUT2D eigenvalue weighted by Gasteiger charge is -2.18. The zero-order valence-electron chi connectivity index (χ0n) is 31.8. The molecule has 1 aromatic carbocycles. The summed E-state index contributed by atoms with van der Waals surface area (Å²) >= 11 is 0. The maximum absolute atomic E-state index is 6.44. The van der Waals surface area contributed by atoms with Crippen molar-refractivity contribution in [1.82, 2.24) is 0 Å². The molecule has 0 amide bonds. The zero-order valence-corrected chi connectivity index (χ0v) is 31.8. The van der Waals surface area contributed by atoms with Crippen molar-refractivity contribution in [3.63, 3.8) is 0 Å². The summed E-state index contributed by atoms with van der Waals surface area (Å²) in [4.78, 5) is 0. The van der Waals surface area contributed by atoms with Crippen LogP contribution < -0.4 is 14.2 Å². The predicted octanol–water partition coefficient (Wildman–Crippen LogP) is 14.6. The van der Waals surface area contributed by atoms with Crippen molar-refractivity contribution >= 4 is 0 Å². The van der Waals surface area contributed by atoms with Gasteiger partial charge in [0.05, 0.1) is 25.4 Å². The van der Waals surface area contributed by atoms with Gasteiger partial charge in [0, 0.05) is 0 Å². The Labute approximate surface area is 294 Å². The van der Waals surface area contributed by atoms with E-state index in [-0.39, 0.29) is 0 Å². The summed E-state index contributed by atoms with van der Waals surface area (Å²) in [7, 11) is 0. The van der Waals surface area contributed by atoms with Gasteiger partial charge in [-0.2, -0.15) is 0 Å². The normalized spacial score (nSPS) is 11.1. The lowest BCUT2D eigenvalue weighted by molar-refractivity contribution is 0.234. The molecule has 0 bridgehead atoms. The van der Waals surface area contributed by atoms with Gasteiger partial charge in [-0.05, 0) is 31.4 Å². The second-order valence-corrected chi connectivity index (χ2v) is 14.0. The Morgan fingerprint density at radius 1 is 0.383 bits per heavy atom. The van der Waals surface area contributed by atoms with Crippen molar-refractivity contribution in [3.8, 4) is 29.6 Å². The molecule has 272 valence electrons. The predicted molar refractivity (Wildman–Crippen MR) is 206 cm³/mol. The van der Waals surface area contributed by atoms with Crippen LogP contribution in [0.3, 0.4) is 0 Å². The molecule has 1 aromatic rings. The first-order valence-corrected chi connectivity index (χ1v) is 20.8. The molecule has 3 nitrogen and oxygen atoms in total. The summed E-state index contributed by atoms with van der Waals surface area (Å²) in [6.45, 7) is 8.90. The maximum Gasteiger partial charge on any atom is 0.204 e. The molecular formula is C44H78O3. The van der Waals surface area contributed by atoms with Crippen molar-refractivity contribution in [3.05, 3.63) is 17.7 Å². The van der Waals surface area contributed by atoms with E-state index in [9.17, 15) is 0 Å². The van der Waals surface area contributed by atoms with E-state index < -0.39 is 0 Å². The molecule has 0 saturated carbocycles. The number of terminal acetylenes is 1. The molecular weight excluding hydrogens is 576 g/mol. The van der Waals surface area contributed by atoms with Crippen LogP contribution in [0, 0.1) is 12.3 Å². The smallest absolute Gasteiger partial charge is 0.204 e. The fourth-order valence-corrected chi connectivity index (χ4v) is 6.35. The van der Waals surface area contributed by atoms with Gasteiger partial charge in [-0.1, -0.05) is 200 Å². The van der Waals surface area contributed by atoms with E-state index in [1.165, 1.54) is 173 Å². The van der Waals surface area contributed by atoms with Gasteiger partial charge in [-0.15, -0.1) is 6.42 Å². The second kappa shape index (κ2) is 34.1. The van der Waals surface area contributed by atoms with Gasteiger partial charge < -0.3 is 14.2 Å². The second-order valence-electron chi connectivity index (χ2n) is 14.0. The topological polar surface area (TPSA) is 27.7 Å². The van der Waals surface area contributed by atoms with Gasteiger partial charge in [-0.25, -0.2) is 0 Å². The van der Waals surface area contributed by atoms with Crippen LogP contribution in [0.15, 0.2) is 12.1 Å². The van der Waals surface area contributed by atoms with Crippen molar-refractivity contribution in [1.29, 1.82) is 0 Å². The monoisotopic (exact) mass is 655 g/mol. The molecule has 0 aliphatic heterocycles. The fourth-order valence-electron chi connectivity index (χ4n) is 6.35. The van der Waals surface area contributed by atoms with Crippen molar-refractivity contribution in [2.75, 3.05) is 19.8 Å². The molecule has 0 aromatic heterocycles. The molecule has 1 rings (SSSR count). The van der Waals surface area contributed by atoms with Gasteiger partial charge in [-0.3, -0.25) is 0 Å². The summed E-state index contributed by atoms with van der Waals surface area (Å²) in [5.41, 5.74) is 0.765. The lowest BCUT2D eigenvalue weighted by Crippen LogP contribution is -2.07. The third kappa shape index (κ3) is 24.9. The van der Waals surface area contributed by atoms with Crippen molar-refractivity contribution in [2.24, 2.45) is 0 Å². The van der Waals surface area contributed by atoms with Crippen LogP contribution in [0.1, 0.15) is 219 Å². The van der Waals surface area contributed by atoms with Gasteiger partial charge in [0.25, 0.3) is 0 Å². The molecule has 0 N–H and O–H groups in total. The van der Waals surface area contributed by atoms with Crippen LogP contribution in [0.25, 0.3) is 0 Å². The van der Waals surface area contributed by atoms with Crippen LogP contribution in [-0.2, 0) is 0 Å². The van der Waals surface area contributed by atoms with Crippen molar-refractivity contribution < 1.29 is 14.2 Å². The van der Waals surface area contributed by atoms with Crippen LogP contribution in [0.5, 0.6) is 17.2 Å². The van der Waals surface area contributed by atoms with Gasteiger partial charge in [0.1, 0.15) is 0 Å². The van der Waals surface area contributed by atoms with Crippen LogP contribution in [-0.4, -0.2) is 19.8 Å². The van der Waals surface area contributed by atoms with Gasteiger partial charge in [0.15, 0.2) is 11.5 Å². The summed E-state index contributed by atoms with van der Waals surface area (Å²) in [6, 6.07) is 3.96. The molecule has 0 aliphatic carbocycles. The minimum absolute atomic E-state index is 0.668. The highest BCUT2D eigenvalue weighted by Gasteiger charge is 2.17. The lowest BCUT2D eigenvalue weighted by atomic mass is 10.1. The molecule has 0 aliphatic rings. The number of hydrogen-bond donors (Lipinski definition) is 0. The quantitative estimate of drug-likeness (QED) is 0.0532. The SMILES string of the molecule is C#Cc1ccc(OCCCCCCCCCCCC)c(OCCCCCCCCCCCC)c1OCCCCCCCCCCCC. The first-order chi connectivity index (χ1) is 23.3. The summed E-state index contributed by atoms with van der Waals surface area (Å²) in [5, 5.41) is 0. The molecule has 3 heteroatoms. The average Bonchev–Trinajstić information content (AvgIpc) is 3.09. The van der Waals surface area contributed by atoms with E-state index in [0.29, 0.717) is 25.6 Å². The van der Waals surface area contributed by atoms with E-state index in [4.69, 9.17) is 20.6 Å². The molecule has 0 radical (unpaired) electrons. The summed E-state index contributed by atoms with van der Waals surface area (Å²) in [5.74, 6) is 5.05. The third-order valence-electron chi connectivity index (χ3n) is 9.48. The van der Waals surface area contributed by atoms with E-state index in [2.05, 4.69) is 26.7 Å². The highest BCUT2D eigenvalue weighted by Crippen LogP contribution is 2.40. The molecule has 0 heterocycles. The number of unbranched alkanes of at least 4 members (excludes halogenated alkanes) is 27. The van der Waals surface area contributed by atoms with E-state index >= 15 is 0 Å². The summed E-state index contributed by atoms with van der Waals surface area (Å²) < 4.78 is 19.2. The molecule has 0 unspecified atom stereocenters. The summed E-state index contributed by atoms with van der Waals surface area (Å²) in [6.07, 6.45) is 45.3. The fraction of sp³-hybridized carbons (Fsp3) is 0.818. The Morgan fingerprint density at radius 3 is 1.02 bits per heavy atom. The van der Waals surface area contributed by atoms with Crippen LogP contribution >= 0.6 is 0 Å². The Bertz CT molecular complexity index is 841. The minimum atomic E-state index is 0.668. The van der Waals surface area contributed by atoms with E-state index in [1.54, 1.807) is 0 Å². The molecule has 0 fully saturated rings. The minimum Gasteiger partial charge on any atom is -0.490 e. The Hall–Kier alpha value is -1.82. The molecule has 0 saturated heterocycles. The Balaban J connectivity index is 2.55. The highest BCUT2D eigenvalue weighted by molar-refractivity contribution is 5.60. The number of hydrogen-bond acceptors (Lipinski definition) is 3. The third-order valence-corrected chi connectivity index (χ3v) is 9.48. The standard InChI is InChI=1S/C44H78O3/c1-5-9-12-15-18-21-24-27-30-33-38-45-42-37-36-41(8-4)43(46-39-34-31-28-25-22-19-16-13-10-6-2)44(42)47-40-35-32-29-26-23-20-17-14-11-7-3/h4,36-37H,5-7,9-35,38-40H2,1-3H3. The molecule has 47 heavy (non-hydrogen) atoms. The molecule has 0 spiro atoms. The van der Waals surface area contributed by atoms with Crippen LogP contribution in [0.4, 0.5) is 0 Å². The maximum atomic E-state index is 6.44. The highest BCUT2D eigenvalue weighted by atomic mass is 16.5. The number of rotatable bonds is 36. The van der Waals surface area contributed by atoms with E-state index in [1.807, 2.05) is 12.1 Å².